The number of rotatable bonds is 3. The van der Waals surface area contributed by atoms with Gasteiger partial charge in [0.05, 0.1) is 0 Å². The molecule has 0 spiro atoms. The number of carbonyl (C=O) groups excluding carboxylic acids is 1. The molecular formula is C10H14CrO3. The van der Waals surface area contributed by atoms with Gasteiger partial charge in [-0.05, 0) is 0 Å². The average Bonchev–Trinajstić information content (AvgIpc) is 2.16. The Labute approximate surface area is 92.0 Å². The Morgan fingerprint density at radius 2 is 2.29 bits per heavy atom. The van der Waals surface area contributed by atoms with Gasteiger partial charge in [0.15, 0.2) is 0 Å². The van der Waals surface area contributed by atoms with Crippen LogP contribution in [0.3, 0.4) is 0 Å². The predicted molar refractivity (Wildman–Crippen MR) is 49.4 cm³/mol. The molecule has 0 N–H and O–H groups in total. The Bertz CT molecular complexity index is 260. The summed E-state index contributed by atoms with van der Waals surface area (Å²) in [5.74, 6) is -0.107. The van der Waals surface area contributed by atoms with Gasteiger partial charge in [-0.15, -0.1) is 0 Å². The second kappa shape index (κ2) is 5.45. The van der Waals surface area contributed by atoms with Gasteiger partial charge in [-0.1, -0.05) is 0 Å². The van der Waals surface area contributed by atoms with Gasteiger partial charge in [-0.3, -0.25) is 0 Å². The zero-order valence-electron chi connectivity index (χ0n) is 8.36. The van der Waals surface area contributed by atoms with Crippen LogP contribution in [-0.2, 0) is 30.1 Å². The molecule has 3 nitrogen and oxygen atoms in total. The second-order valence-electron chi connectivity index (χ2n) is 3.21. The molecule has 0 unspecified atom stereocenters. The Balaban J connectivity index is 2.67. The maximum absolute atomic E-state index is 10.9. The van der Waals surface area contributed by atoms with Crippen LogP contribution in [0, 0.1) is 5.92 Å². The van der Waals surface area contributed by atoms with Crippen LogP contribution in [0.25, 0.3) is 0 Å². The number of hydrogen-bond donors (Lipinski definition) is 0. The third-order valence-electron chi connectivity index (χ3n) is 2.17. The van der Waals surface area contributed by atoms with E-state index in [0.29, 0.717) is 0 Å². The molecule has 0 saturated heterocycles. The SMILES string of the molecule is CO[C](=[Cr])[C@@H]1CCC=C[C@H]1OC(C)=O. The summed E-state index contributed by atoms with van der Waals surface area (Å²) in [5, 5.41) is 0. The number of allylic oxidation sites excluding steroid dienone is 1. The van der Waals surface area contributed by atoms with E-state index >= 15 is 0 Å². The van der Waals surface area contributed by atoms with Crippen molar-refractivity contribution in [1.82, 2.24) is 0 Å². The monoisotopic (exact) mass is 234 g/mol. The standard InChI is InChI=1S/C10H14O3.Cr/c1-8(11)13-10-6-4-3-5-9(10)7-12-2;/h4,6,9-10H,3,5H2,1-2H3;/t9-,10+;/m0./s1. The number of ether oxygens (including phenoxy) is 2. The van der Waals surface area contributed by atoms with E-state index in [9.17, 15) is 4.79 Å². The van der Waals surface area contributed by atoms with Gasteiger partial charge >= 0.3 is 91.7 Å². The molecule has 0 bridgehead atoms. The fourth-order valence-corrected chi connectivity index (χ4v) is 1.91. The maximum atomic E-state index is 10.9. The first-order valence-corrected chi connectivity index (χ1v) is 5.20. The van der Waals surface area contributed by atoms with Gasteiger partial charge in [-0.2, -0.15) is 0 Å². The first-order chi connectivity index (χ1) is 6.65. The van der Waals surface area contributed by atoms with Gasteiger partial charge in [0.1, 0.15) is 0 Å². The van der Waals surface area contributed by atoms with Crippen LogP contribution < -0.4 is 0 Å². The predicted octanol–water partition coefficient (Wildman–Crippen LogP) is 1.21. The topological polar surface area (TPSA) is 35.5 Å². The minimum absolute atomic E-state index is 0.147. The third-order valence-corrected chi connectivity index (χ3v) is 2.91. The van der Waals surface area contributed by atoms with Crippen molar-refractivity contribution in [2.24, 2.45) is 5.92 Å². The normalized spacial score (nSPS) is 25.9. The molecule has 0 aromatic rings. The van der Waals surface area contributed by atoms with E-state index in [1.165, 1.54) is 6.92 Å². The van der Waals surface area contributed by atoms with Crippen molar-refractivity contribution < 1.29 is 30.1 Å². The first kappa shape index (κ1) is 11.6. The van der Waals surface area contributed by atoms with Crippen LogP contribution in [0.4, 0.5) is 0 Å². The summed E-state index contributed by atoms with van der Waals surface area (Å²) in [7, 11) is 1.62. The van der Waals surface area contributed by atoms with E-state index in [0.717, 1.165) is 17.4 Å². The molecular weight excluding hydrogens is 220 g/mol. The zero-order valence-corrected chi connectivity index (χ0v) is 9.63. The van der Waals surface area contributed by atoms with Gasteiger partial charge in [0.25, 0.3) is 0 Å². The molecule has 0 aliphatic heterocycles. The van der Waals surface area contributed by atoms with Crippen LogP contribution in [0.2, 0.25) is 0 Å². The Morgan fingerprint density at radius 3 is 2.86 bits per heavy atom. The molecule has 0 radical (unpaired) electrons. The summed E-state index contributed by atoms with van der Waals surface area (Å²) in [5.41, 5.74) is 0. The van der Waals surface area contributed by atoms with Crippen LogP contribution in [0.1, 0.15) is 19.8 Å². The first-order valence-electron chi connectivity index (χ1n) is 4.57. The summed E-state index contributed by atoms with van der Waals surface area (Å²) in [6.45, 7) is 1.42. The van der Waals surface area contributed by atoms with Crippen LogP contribution >= 0.6 is 0 Å². The zero-order chi connectivity index (χ0) is 10.6. The van der Waals surface area contributed by atoms with E-state index in [1.54, 1.807) is 7.11 Å². The van der Waals surface area contributed by atoms with E-state index < -0.39 is 0 Å². The van der Waals surface area contributed by atoms with Gasteiger partial charge in [0.2, 0.25) is 0 Å². The van der Waals surface area contributed by atoms with Crippen LogP contribution in [-0.4, -0.2) is 23.7 Å². The Morgan fingerprint density at radius 1 is 1.57 bits per heavy atom. The Hall–Kier alpha value is -0.428. The summed E-state index contributed by atoms with van der Waals surface area (Å²) in [6.07, 6.45) is 5.72. The fourth-order valence-electron chi connectivity index (χ4n) is 1.52. The summed E-state index contributed by atoms with van der Waals surface area (Å²) in [6, 6.07) is 0. The molecule has 1 aliphatic rings. The average molecular weight is 234 g/mol. The minimum atomic E-state index is -0.254. The molecule has 2 atom stereocenters. The fraction of sp³-hybridized carbons (Fsp3) is 0.600. The van der Waals surface area contributed by atoms with Gasteiger partial charge in [-0.25, -0.2) is 0 Å². The van der Waals surface area contributed by atoms with E-state index in [2.05, 4.69) is 15.9 Å². The molecule has 78 valence electrons. The quantitative estimate of drug-likeness (QED) is 0.544. The van der Waals surface area contributed by atoms with Crippen LogP contribution in [0.15, 0.2) is 12.2 Å². The molecule has 0 heterocycles. The molecule has 0 aromatic carbocycles. The molecule has 4 heteroatoms. The summed E-state index contributed by atoms with van der Waals surface area (Å²) in [4.78, 5) is 10.9. The molecule has 14 heavy (non-hydrogen) atoms. The van der Waals surface area contributed by atoms with Crippen molar-refractivity contribution in [3.8, 4) is 0 Å². The molecule has 0 aromatic heterocycles. The molecule has 0 amide bonds. The van der Waals surface area contributed by atoms with Gasteiger partial charge in [0, 0.05) is 0 Å². The number of carbonyl (C=O) groups is 1. The summed E-state index contributed by atoms with van der Waals surface area (Å²) < 4.78 is 11.1. The molecule has 0 saturated carbocycles. The van der Waals surface area contributed by atoms with Crippen molar-refractivity contribution in [1.29, 1.82) is 0 Å². The number of esters is 1. The second-order valence-corrected chi connectivity index (χ2v) is 3.84. The van der Waals surface area contributed by atoms with Crippen molar-refractivity contribution in [3.05, 3.63) is 12.2 Å². The summed E-state index contributed by atoms with van der Waals surface area (Å²) >= 11 is 2.87. The van der Waals surface area contributed by atoms with Crippen molar-refractivity contribution >= 4 is 10.5 Å². The van der Waals surface area contributed by atoms with E-state index in [4.69, 9.17) is 9.47 Å². The van der Waals surface area contributed by atoms with Crippen molar-refractivity contribution in [3.63, 3.8) is 0 Å². The van der Waals surface area contributed by atoms with Crippen molar-refractivity contribution in [2.75, 3.05) is 7.11 Å². The Kier molecular flexibility index (Phi) is 4.54. The van der Waals surface area contributed by atoms with E-state index in [-0.39, 0.29) is 18.0 Å². The van der Waals surface area contributed by atoms with E-state index in [1.807, 2.05) is 12.2 Å². The van der Waals surface area contributed by atoms with Crippen molar-refractivity contribution in [2.45, 2.75) is 25.9 Å². The van der Waals surface area contributed by atoms with Gasteiger partial charge < -0.3 is 0 Å². The molecule has 1 aliphatic carbocycles. The number of methoxy groups -OCH3 is 1. The third kappa shape index (κ3) is 3.06. The molecule has 1 rings (SSSR count). The molecule has 0 fully saturated rings. The number of hydrogen-bond acceptors (Lipinski definition) is 3. The van der Waals surface area contributed by atoms with Crippen LogP contribution in [0.5, 0.6) is 0 Å².